The van der Waals surface area contributed by atoms with Gasteiger partial charge in [0.25, 0.3) is 5.91 Å². The van der Waals surface area contributed by atoms with E-state index in [9.17, 15) is 14.4 Å². The van der Waals surface area contributed by atoms with E-state index in [1.165, 1.54) is 0 Å². The van der Waals surface area contributed by atoms with Crippen LogP contribution in [0.2, 0.25) is 0 Å². The van der Waals surface area contributed by atoms with Crippen molar-refractivity contribution in [2.75, 3.05) is 19.8 Å². The minimum atomic E-state index is -1.20. The standard InChI is InChI=1S/C25H29N3O5/c1-16(2)22(17-10-11-19-20(14-17)33-13-7-12-32-19)26-21(29)15-28-23(30)25(3,27-24(28)31)18-8-5-4-6-9-18/h4-6,8-11,14,16,22H,7,12-13,15H2,1-3H3,(H,26,29)(H,27,31). The van der Waals surface area contributed by atoms with Gasteiger partial charge >= 0.3 is 6.03 Å². The summed E-state index contributed by atoms with van der Waals surface area (Å²) in [4.78, 5) is 39.6. The van der Waals surface area contributed by atoms with Gasteiger partial charge in [0.1, 0.15) is 12.1 Å². The first kappa shape index (κ1) is 22.6. The molecule has 174 valence electrons. The lowest BCUT2D eigenvalue weighted by molar-refractivity contribution is -0.135. The first-order valence-electron chi connectivity index (χ1n) is 11.2. The van der Waals surface area contributed by atoms with Gasteiger partial charge in [0.05, 0.1) is 19.3 Å². The van der Waals surface area contributed by atoms with Crippen LogP contribution >= 0.6 is 0 Å². The van der Waals surface area contributed by atoms with Gasteiger partial charge in [0.15, 0.2) is 11.5 Å². The Bertz CT molecular complexity index is 1060. The number of ether oxygens (including phenoxy) is 2. The molecule has 0 spiro atoms. The molecule has 2 aliphatic heterocycles. The Morgan fingerprint density at radius 3 is 2.48 bits per heavy atom. The fraction of sp³-hybridized carbons (Fsp3) is 0.400. The van der Waals surface area contributed by atoms with E-state index in [0.717, 1.165) is 16.9 Å². The number of carbonyl (C=O) groups excluding carboxylic acids is 3. The summed E-state index contributed by atoms with van der Waals surface area (Å²) in [6.07, 6.45) is 0.808. The normalized spacial score (nSPS) is 20.9. The molecule has 4 rings (SSSR count). The van der Waals surface area contributed by atoms with Crippen molar-refractivity contribution < 1.29 is 23.9 Å². The van der Waals surface area contributed by atoms with E-state index < -0.39 is 23.4 Å². The van der Waals surface area contributed by atoms with Gasteiger partial charge in [0, 0.05) is 6.42 Å². The minimum Gasteiger partial charge on any atom is -0.490 e. The van der Waals surface area contributed by atoms with Crippen molar-refractivity contribution in [2.45, 2.75) is 38.8 Å². The summed E-state index contributed by atoms with van der Waals surface area (Å²) in [6, 6.07) is 13.7. The van der Waals surface area contributed by atoms with Crippen molar-refractivity contribution in [3.05, 3.63) is 59.7 Å². The number of amides is 4. The molecule has 0 aliphatic carbocycles. The molecular weight excluding hydrogens is 422 g/mol. The van der Waals surface area contributed by atoms with Crippen LogP contribution in [0, 0.1) is 5.92 Å². The molecule has 4 amide bonds. The summed E-state index contributed by atoms with van der Waals surface area (Å²) in [5, 5.41) is 5.71. The second-order valence-electron chi connectivity index (χ2n) is 8.86. The number of carbonyl (C=O) groups is 3. The van der Waals surface area contributed by atoms with Crippen LogP contribution in [-0.4, -0.2) is 42.5 Å². The summed E-state index contributed by atoms with van der Waals surface area (Å²) in [7, 11) is 0. The van der Waals surface area contributed by atoms with Crippen LogP contribution < -0.4 is 20.1 Å². The van der Waals surface area contributed by atoms with Crippen LogP contribution in [0.15, 0.2) is 48.5 Å². The Kier molecular flexibility index (Phi) is 6.26. The van der Waals surface area contributed by atoms with E-state index in [0.29, 0.717) is 30.3 Å². The van der Waals surface area contributed by atoms with Crippen molar-refractivity contribution in [3.63, 3.8) is 0 Å². The summed E-state index contributed by atoms with van der Waals surface area (Å²) >= 11 is 0. The number of hydrogen-bond acceptors (Lipinski definition) is 5. The van der Waals surface area contributed by atoms with E-state index in [1.807, 2.05) is 38.1 Å². The number of fused-ring (bicyclic) bond motifs is 1. The lowest BCUT2D eigenvalue weighted by Gasteiger charge is -2.25. The van der Waals surface area contributed by atoms with Gasteiger partial charge in [-0.15, -0.1) is 0 Å². The molecule has 2 atom stereocenters. The zero-order chi connectivity index (χ0) is 23.6. The van der Waals surface area contributed by atoms with Gasteiger partial charge < -0.3 is 20.1 Å². The van der Waals surface area contributed by atoms with Crippen LogP contribution in [0.4, 0.5) is 4.79 Å². The van der Waals surface area contributed by atoms with Gasteiger partial charge in [-0.3, -0.25) is 14.5 Å². The summed E-state index contributed by atoms with van der Waals surface area (Å²) < 4.78 is 11.5. The number of imide groups is 1. The Morgan fingerprint density at radius 1 is 1.09 bits per heavy atom. The first-order valence-corrected chi connectivity index (χ1v) is 11.2. The highest BCUT2D eigenvalue weighted by Gasteiger charge is 2.49. The number of nitrogens with zero attached hydrogens (tertiary/aromatic N) is 1. The number of rotatable bonds is 6. The van der Waals surface area contributed by atoms with Crippen molar-refractivity contribution in [1.82, 2.24) is 15.5 Å². The highest BCUT2D eigenvalue weighted by atomic mass is 16.5. The number of benzene rings is 2. The number of nitrogens with one attached hydrogen (secondary N) is 2. The monoisotopic (exact) mass is 451 g/mol. The molecule has 2 N–H and O–H groups in total. The van der Waals surface area contributed by atoms with Crippen LogP contribution in [0.1, 0.15) is 44.4 Å². The van der Waals surface area contributed by atoms with E-state index in [4.69, 9.17) is 9.47 Å². The molecular formula is C25H29N3O5. The molecule has 2 aliphatic rings. The summed E-state index contributed by atoms with van der Waals surface area (Å²) in [5.41, 5.74) is 0.331. The smallest absolute Gasteiger partial charge is 0.325 e. The fourth-order valence-corrected chi connectivity index (χ4v) is 4.18. The summed E-state index contributed by atoms with van der Waals surface area (Å²) in [5.74, 6) is 0.533. The summed E-state index contributed by atoms with van der Waals surface area (Å²) in [6.45, 7) is 6.45. The Morgan fingerprint density at radius 2 is 1.79 bits per heavy atom. The molecule has 0 radical (unpaired) electrons. The van der Waals surface area contributed by atoms with Crippen molar-refractivity contribution in [3.8, 4) is 11.5 Å². The molecule has 0 aromatic heterocycles. The van der Waals surface area contributed by atoms with Crippen LogP contribution in [0.3, 0.4) is 0 Å². The third-order valence-corrected chi connectivity index (χ3v) is 6.04. The molecule has 0 bridgehead atoms. The predicted octanol–water partition coefficient (Wildman–Crippen LogP) is 3.13. The van der Waals surface area contributed by atoms with E-state index >= 15 is 0 Å². The maximum Gasteiger partial charge on any atom is 0.325 e. The molecule has 1 fully saturated rings. The van der Waals surface area contributed by atoms with Crippen molar-refractivity contribution >= 4 is 17.8 Å². The van der Waals surface area contributed by atoms with Crippen LogP contribution in [0.5, 0.6) is 11.5 Å². The molecule has 2 heterocycles. The first-order chi connectivity index (χ1) is 15.8. The molecule has 1 saturated heterocycles. The van der Waals surface area contributed by atoms with Gasteiger partial charge in [-0.1, -0.05) is 50.2 Å². The quantitative estimate of drug-likeness (QED) is 0.658. The van der Waals surface area contributed by atoms with Gasteiger partial charge in [0.2, 0.25) is 5.91 Å². The van der Waals surface area contributed by atoms with Crippen molar-refractivity contribution in [1.29, 1.82) is 0 Å². The second-order valence-corrected chi connectivity index (χ2v) is 8.86. The highest BCUT2D eigenvalue weighted by molar-refractivity contribution is 6.09. The van der Waals surface area contributed by atoms with Gasteiger partial charge in [-0.2, -0.15) is 0 Å². The second kappa shape index (κ2) is 9.13. The highest BCUT2D eigenvalue weighted by Crippen LogP contribution is 2.34. The molecule has 2 aromatic carbocycles. The number of urea groups is 1. The number of hydrogen-bond donors (Lipinski definition) is 2. The van der Waals surface area contributed by atoms with Crippen LogP contribution in [0.25, 0.3) is 0 Å². The van der Waals surface area contributed by atoms with E-state index in [2.05, 4.69) is 10.6 Å². The average molecular weight is 452 g/mol. The molecule has 0 saturated carbocycles. The zero-order valence-electron chi connectivity index (χ0n) is 19.1. The lowest BCUT2D eigenvalue weighted by Crippen LogP contribution is -2.44. The Balaban J connectivity index is 1.48. The molecule has 2 aromatic rings. The molecule has 8 nitrogen and oxygen atoms in total. The third kappa shape index (κ3) is 4.51. The van der Waals surface area contributed by atoms with Crippen molar-refractivity contribution in [2.24, 2.45) is 5.92 Å². The van der Waals surface area contributed by atoms with E-state index in [1.54, 1.807) is 31.2 Å². The minimum absolute atomic E-state index is 0.0661. The van der Waals surface area contributed by atoms with E-state index in [-0.39, 0.29) is 18.5 Å². The maximum atomic E-state index is 13.1. The predicted molar refractivity (Wildman–Crippen MR) is 122 cm³/mol. The van der Waals surface area contributed by atoms with Crippen LogP contribution in [-0.2, 0) is 15.1 Å². The molecule has 8 heteroatoms. The largest absolute Gasteiger partial charge is 0.490 e. The fourth-order valence-electron chi connectivity index (χ4n) is 4.18. The zero-order valence-corrected chi connectivity index (χ0v) is 19.1. The maximum absolute atomic E-state index is 13.1. The molecule has 33 heavy (non-hydrogen) atoms. The Labute approximate surface area is 193 Å². The SMILES string of the molecule is CC(C)C(NC(=O)CN1C(=O)NC(C)(c2ccccc2)C1=O)c1ccc2c(c1)OCCCO2. The van der Waals surface area contributed by atoms with Gasteiger partial charge in [-0.05, 0) is 36.1 Å². The molecule has 2 unspecified atom stereocenters. The third-order valence-electron chi connectivity index (χ3n) is 6.04. The Hall–Kier alpha value is -3.55. The van der Waals surface area contributed by atoms with Gasteiger partial charge in [-0.25, -0.2) is 4.79 Å². The average Bonchev–Trinajstić information content (AvgIpc) is 2.95. The topological polar surface area (TPSA) is 97.0 Å². The lowest BCUT2D eigenvalue weighted by atomic mass is 9.92.